The average Bonchev–Trinajstić information content (AvgIpc) is 3.00. The SMILES string of the molecule is CC1(c2cccc(-c3cc4ccc(Cl)cc4n3C(=O)O)c2)COCC(N)=N1. The Balaban J connectivity index is 1.89. The third-order valence-electron chi connectivity index (χ3n) is 4.76. The Labute approximate surface area is 160 Å². The van der Waals surface area contributed by atoms with E-state index in [1.165, 1.54) is 4.57 Å². The summed E-state index contributed by atoms with van der Waals surface area (Å²) in [5, 5.41) is 11.1. The average molecular weight is 384 g/mol. The summed E-state index contributed by atoms with van der Waals surface area (Å²) in [5.41, 5.74) is 8.03. The van der Waals surface area contributed by atoms with Gasteiger partial charge in [0, 0.05) is 10.4 Å². The number of hydrogen-bond acceptors (Lipinski definition) is 4. The second-order valence-corrected chi connectivity index (χ2v) is 7.24. The van der Waals surface area contributed by atoms with Crippen molar-refractivity contribution >= 4 is 34.4 Å². The fourth-order valence-electron chi connectivity index (χ4n) is 3.49. The van der Waals surface area contributed by atoms with Crippen LogP contribution in [-0.2, 0) is 10.3 Å². The Morgan fingerprint density at radius 3 is 2.85 bits per heavy atom. The van der Waals surface area contributed by atoms with Crippen molar-refractivity contribution < 1.29 is 14.6 Å². The van der Waals surface area contributed by atoms with E-state index in [0.29, 0.717) is 35.3 Å². The van der Waals surface area contributed by atoms with Gasteiger partial charge in [-0.3, -0.25) is 4.99 Å². The van der Waals surface area contributed by atoms with Gasteiger partial charge in [0.05, 0.1) is 17.8 Å². The molecule has 27 heavy (non-hydrogen) atoms. The van der Waals surface area contributed by atoms with Gasteiger partial charge in [0.25, 0.3) is 0 Å². The van der Waals surface area contributed by atoms with Crippen molar-refractivity contribution in [1.29, 1.82) is 0 Å². The molecule has 1 aromatic heterocycles. The van der Waals surface area contributed by atoms with Crippen LogP contribution in [0.3, 0.4) is 0 Å². The van der Waals surface area contributed by atoms with Gasteiger partial charge in [-0.1, -0.05) is 35.9 Å². The van der Waals surface area contributed by atoms with Gasteiger partial charge in [-0.25, -0.2) is 9.36 Å². The second kappa shape index (κ2) is 6.40. The number of halogens is 1. The molecule has 7 heteroatoms. The Morgan fingerprint density at radius 1 is 1.30 bits per heavy atom. The van der Waals surface area contributed by atoms with Crippen molar-refractivity contribution in [2.75, 3.05) is 13.2 Å². The van der Waals surface area contributed by atoms with E-state index in [1.807, 2.05) is 43.3 Å². The zero-order chi connectivity index (χ0) is 19.2. The first-order chi connectivity index (χ1) is 12.9. The first-order valence-electron chi connectivity index (χ1n) is 8.44. The number of carboxylic acid groups (broad SMARTS) is 1. The number of aliphatic imine (C=N–C) groups is 1. The number of hydrogen-bond donors (Lipinski definition) is 2. The molecule has 0 aliphatic carbocycles. The van der Waals surface area contributed by atoms with E-state index in [9.17, 15) is 9.90 Å². The standard InChI is InChI=1S/C20H18ClN3O3/c1-20(11-27-10-18(22)23-20)14-4-2-3-12(7-14)16-8-13-5-6-15(21)9-17(13)24(16)19(25)26/h2-9H,10-11H2,1H3,(H2,22,23)(H,25,26). The molecule has 1 aliphatic rings. The number of fused-ring (bicyclic) bond motifs is 1. The maximum atomic E-state index is 11.9. The monoisotopic (exact) mass is 383 g/mol. The highest BCUT2D eigenvalue weighted by Gasteiger charge is 2.30. The van der Waals surface area contributed by atoms with Crippen LogP contribution >= 0.6 is 11.6 Å². The van der Waals surface area contributed by atoms with Crippen molar-refractivity contribution in [3.8, 4) is 11.3 Å². The van der Waals surface area contributed by atoms with E-state index in [4.69, 9.17) is 22.1 Å². The van der Waals surface area contributed by atoms with E-state index < -0.39 is 11.6 Å². The Bertz CT molecular complexity index is 1090. The maximum absolute atomic E-state index is 11.9. The summed E-state index contributed by atoms with van der Waals surface area (Å²) in [5.74, 6) is 0.448. The lowest BCUT2D eigenvalue weighted by Crippen LogP contribution is -2.37. The first kappa shape index (κ1) is 17.6. The molecule has 0 amide bonds. The predicted octanol–water partition coefficient (Wildman–Crippen LogP) is 4.09. The highest BCUT2D eigenvalue weighted by molar-refractivity contribution is 6.31. The van der Waals surface area contributed by atoms with Gasteiger partial charge in [0.2, 0.25) is 0 Å². The normalized spacial score (nSPS) is 19.9. The predicted molar refractivity (Wildman–Crippen MR) is 106 cm³/mol. The van der Waals surface area contributed by atoms with Crippen molar-refractivity contribution in [1.82, 2.24) is 4.57 Å². The van der Waals surface area contributed by atoms with E-state index in [-0.39, 0.29) is 0 Å². The summed E-state index contributed by atoms with van der Waals surface area (Å²) in [7, 11) is 0. The van der Waals surface area contributed by atoms with Gasteiger partial charge < -0.3 is 15.6 Å². The largest absolute Gasteiger partial charge is 0.464 e. The number of benzene rings is 2. The molecule has 2 heterocycles. The number of aromatic nitrogens is 1. The molecular weight excluding hydrogens is 366 g/mol. The Hall–Kier alpha value is -2.83. The number of carbonyl (C=O) groups is 1. The fraction of sp³-hybridized carbons (Fsp3) is 0.200. The maximum Gasteiger partial charge on any atom is 0.416 e. The van der Waals surface area contributed by atoms with Gasteiger partial charge in [-0.2, -0.15) is 0 Å². The third-order valence-corrected chi connectivity index (χ3v) is 5.00. The highest BCUT2D eigenvalue weighted by atomic mass is 35.5. The number of nitrogens with two attached hydrogens (primary N) is 1. The van der Waals surface area contributed by atoms with Crippen LogP contribution in [0.1, 0.15) is 12.5 Å². The smallest absolute Gasteiger partial charge is 0.416 e. The fourth-order valence-corrected chi connectivity index (χ4v) is 3.66. The van der Waals surface area contributed by atoms with Gasteiger partial charge in [0.15, 0.2) is 0 Å². The van der Waals surface area contributed by atoms with Crippen LogP contribution in [0.2, 0.25) is 5.02 Å². The van der Waals surface area contributed by atoms with Crippen LogP contribution in [0.4, 0.5) is 4.79 Å². The van der Waals surface area contributed by atoms with Crippen molar-refractivity contribution in [3.05, 3.63) is 59.1 Å². The van der Waals surface area contributed by atoms with Gasteiger partial charge in [0.1, 0.15) is 18.0 Å². The molecule has 1 unspecified atom stereocenters. The number of rotatable bonds is 2. The summed E-state index contributed by atoms with van der Waals surface area (Å²) in [6.45, 7) is 2.68. The summed E-state index contributed by atoms with van der Waals surface area (Å²) in [6, 6.07) is 14.7. The van der Waals surface area contributed by atoms with E-state index >= 15 is 0 Å². The van der Waals surface area contributed by atoms with Crippen molar-refractivity contribution in [3.63, 3.8) is 0 Å². The molecule has 3 N–H and O–H groups in total. The molecular formula is C20H18ClN3O3. The Morgan fingerprint density at radius 2 is 2.11 bits per heavy atom. The van der Waals surface area contributed by atoms with Crippen molar-refractivity contribution in [2.45, 2.75) is 12.5 Å². The van der Waals surface area contributed by atoms with Gasteiger partial charge >= 0.3 is 6.09 Å². The molecule has 0 saturated heterocycles. The number of nitrogens with zero attached hydrogens (tertiary/aromatic N) is 2. The lowest BCUT2D eigenvalue weighted by Gasteiger charge is -2.30. The quantitative estimate of drug-likeness (QED) is 0.697. The summed E-state index contributed by atoms with van der Waals surface area (Å²) >= 11 is 6.06. The van der Waals surface area contributed by atoms with E-state index in [1.54, 1.807) is 12.1 Å². The Kier molecular flexibility index (Phi) is 4.17. The lowest BCUT2D eigenvalue weighted by atomic mass is 9.91. The zero-order valence-electron chi connectivity index (χ0n) is 14.6. The topological polar surface area (TPSA) is 89.8 Å². The summed E-state index contributed by atoms with van der Waals surface area (Å²) < 4.78 is 6.80. The van der Waals surface area contributed by atoms with E-state index in [2.05, 4.69) is 4.99 Å². The minimum Gasteiger partial charge on any atom is -0.464 e. The molecule has 2 aromatic carbocycles. The van der Waals surface area contributed by atoms with Crippen LogP contribution < -0.4 is 5.73 Å². The molecule has 0 radical (unpaired) electrons. The molecule has 138 valence electrons. The molecule has 6 nitrogen and oxygen atoms in total. The minimum absolute atomic E-state index is 0.323. The third kappa shape index (κ3) is 3.07. The van der Waals surface area contributed by atoms with Crippen LogP contribution in [0, 0.1) is 0 Å². The molecule has 0 saturated carbocycles. The van der Waals surface area contributed by atoms with Crippen LogP contribution in [-0.4, -0.2) is 34.8 Å². The molecule has 3 aromatic rings. The molecule has 4 rings (SSSR count). The van der Waals surface area contributed by atoms with Crippen LogP contribution in [0.25, 0.3) is 22.2 Å². The lowest BCUT2D eigenvalue weighted by molar-refractivity contribution is 0.106. The number of ether oxygens (including phenoxy) is 1. The van der Waals surface area contributed by atoms with Gasteiger partial charge in [-0.15, -0.1) is 0 Å². The summed E-state index contributed by atoms with van der Waals surface area (Å²) in [4.78, 5) is 16.5. The van der Waals surface area contributed by atoms with Gasteiger partial charge in [-0.05, 0) is 42.3 Å². The van der Waals surface area contributed by atoms with Crippen molar-refractivity contribution in [2.24, 2.45) is 10.7 Å². The first-order valence-corrected chi connectivity index (χ1v) is 8.82. The molecule has 1 aliphatic heterocycles. The van der Waals surface area contributed by atoms with Crippen LogP contribution in [0.5, 0.6) is 0 Å². The molecule has 0 bridgehead atoms. The highest BCUT2D eigenvalue weighted by Crippen LogP contribution is 2.34. The number of amidine groups is 1. The van der Waals surface area contributed by atoms with Crippen LogP contribution in [0.15, 0.2) is 53.5 Å². The molecule has 0 spiro atoms. The molecule has 1 atom stereocenters. The van der Waals surface area contributed by atoms with E-state index in [0.717, 1.165) is 16.5 Å². The second-order valence-electron chi connectivity index (χ2n) is 6.80. The molecule has 0 fully saturated rings. The minimum atomic E-state index is -1.07. The summed E-state index contributed by atoms with van der Waals surface area (Å²) in [6.07, 6.45) is -1.07. The zero-order valence-corrected chi connectivity index (χ0v) is 15.4.